The Bertz CT molecular complexity index is 1290. The molecule has 1 aliphatic rings. The number of rotatable bonds is 2. The maximum Gasteiger partial charge on any atom is 0.416 e. The van der Waals surface area contributed by atoms with Crippen LogP contribution in [0.4, 0.5) is 24.0 Å². The van der Waals surface area contributed by atoms with E-state index >= 15 is 0 Å². The SMILES string of the molecule is O=c1ccc2c(ccc3nc(N4CCN(c5cccc(C(F)(F)F)c5)CC4)sc32)o1. The van der Waals surface area contributed by atoms with Gasteiger partial charge in [-0.25, -0.2) is 9.78 Å². The Morgan fingerprint density at radius 1 is 0.967 bits per heavy atom. The molecular weight excluding hydrogens is 415 g/mol. The molecule has 154 valence electrons. The van der Waals surface area contributed by atoms with Gasteiger partial charge >= 0.3 is 11.8 Å². The van der Waals surface area contributed by atoms with Crippen LogP contribution < -0.4 is 15.4 Å². The first-order valence-corrected chi connectivity index (χ1v) is 10.2. The van der Waals surface area contributed by atoms with Gasteiger partial charge in [-0.15, -0.1) is 0 Å². The molecule has 0 atom stereocenters. The summed E-state index contributed by atoms with van der Waals surface area (Å²) in [4.78, 5) is 20.3. The Hall–Kier alpha value is -3.07. The molecule has 9 heteroatoms. The van der Waals surface area contributed by atoms with Crippen molar-refractivity contribution in [1.82, 2.24) is 4.98 Å². The molecule has 3 heterocycles. The van der Waals surface area contributed by atoms with Crippen molar-refractivity contribution in [2.75, 3.05) is 36.0 Å². The molecule has 0 amide bonds. The average molecular weight is 431 g/mol. The topological polar surface area (TPSA) is 49.6 Å². The lowest BCUT2D eigenvalue weighted by atomic mass is 10.1. The van der Waals surface area contributed by atoms with Gasteiger partial charge in [0.15, 0.2) is 5.13 Å². The fourth-order valence-corrected chi connectivity index (χ4v) is 4.83. The molecule has 1 aliphatic heterocycles. The molecule has 0 bridgehead atoms. The van der Waals surface area contributed by atoms with Crippen LogP contribution in [-0.4, -0.2) is 31.2 Å². The molecule has 2 aromatic carbocycles. The summed E-state index contributed by atoms with van der Waals surface area (Å²) < 4.78 is 45.2. The molecular formula is C21H16F3N3O2S. The van der Waals surface area contributed by atoms with Crippen LogP contribution in [0.25, 0.3) is 21.2 Å². The van der Waals surface area contributed by atoms with E-state index in [1.165, 1.54) is 29.5 Å². The Balaban J connectivity index is 1.37. The van der Waals surface area contributed by atoms with Crippen LogP contribution in [0.15, 0.2) is 57.7 Å². The Kier molecular flexibility index (Phi) is 4.43. The van der Waals surface area contributed by atoms with Crippen LogP contribution >= 0.6 is 11.3 Å². The Labute approximate surface area is 173 Å². The molecule has 4 aromatic rings. The number of halogens is 3. The minimum absolute atomic E-state index is 0.391. The highest BCUT2D eigenvalue weighted by Crippen LogP contribution is 2.35. The van der Waals surface area contributed by atoms with Crippen LogP contribution in [0.1, 0.15) is 5.56 Å². The number of anilines is 2. The molecule has 0 aliphatic carbocycles. The maximum atomic E-state index is 13.0. The summed E-state index contributed by atoms with van der Waals surface area (Å²) in [6.45, 7) is 2.52. The number of alkyl halides is 3. The fraction of sp³-hybridized carbons (Fsp3) is 0.238. The highest BCUT2D eigenvalue weighted by Gasteiger charge is 2.31. The van der Waals surface area contributed by atoms with Crippen molar-refractivity contribution in [1.29, 1.82) is 0 Å². The van der Waals surface area contributed by atoms with E-state index in [2.05, 4.69) is 4.90 Å². The quantitative estimate of drug-likeness (QED) is 0.429. The van der Waals surface area contributed by atoms with E-state index in [1.807, 2.05) is 11.0 Å². The lowest BCUT2D eigenvalue weighted by Crippen LogP contribution is -2.46. The Morgan fingerprint density at radius 3 is 2.50 bits per heavy atom. The van der Waals surface area contributed by atoms with Crippen molar-refractivity contribution >= 4 is 43.3 Å². The van der Waals surface area contributed by atoms with E-state index in [0.717, 1.165) is 26.8 Å². The van der Waals surface area contributed by atoms with Crippen LogP contribution in [-0.2, 0) is 6.18 Å². The number of thiazole rings is 1. The van der Waals surface area contributed by atoms with Crippen LogP contribution in [0.2, 0.25) is 0 Å². The predicted octanol–water partition coefficient (Wildman–Crippen LogP) is 4.75. The van der Waals surface area contributed by atoms with E-state index in [1.54, 1.807) is 18.2 Å². The number of nitrogens with zero attached hydrogens (tertiary/aromatic N) is 3. The van der Waals surface area contributed by atoms with E-state index in [4.69, 9.17) is 9.40 Å². The number of benzene rings is 2. The summed E-state index contributed by atoms with van der Waals surface area (Å²) in [7, 11) is 0. The summed E-state index contributed by atoms with van der Waals surface area (Å²) in [6, 6.07) is 12.2. The van der Waals surface area contributed by atoms with Gasteiger partial charge < -0.3 is 14.2 Å². The number of piperazine rings is 1. The lowest BCUT2D eigenvalue weighted by molar-refractivity contribution is -0.137. The molecule has 5 nitrogen and oxygen atoms in total. The molecule has 0 saturated carbocycles. The monoisotopic (exact) mass is 431 g/mol. The highest BCUT2D eigenvalue weighted by atomic mass is 32.1. The maximum absolute atomic E-state index is 13.0. The summed E-state index contributed by atoms with van der Waals surface area (Å²) in [5.41, 5.74) is 0.912. The van der Waals surface area contributed by atoms with E-state index in [9.17, 15) is 18.0 Å². The first-order valence-electron chi connectivity index (χ1n) is 9.39. The molecule has 1 saturated heterocycles. The molecule has 0 N–H and O–H groups in total. The number of hydrogen-bond donors (Lipinski definition) is 0. The highest BCUT2D eigenvalue weighted by molar-refractivity contribution is 7.23. The molecule has 1 fully saturated rings. The van der Waals surface area contributed by atoms with Crippen molar-refractivity contribution < 1.29 is 17.6 Å². The zero-order valence-corrected chi connectivity index (χ0v) is 16.5. The standard InChI is InChI=1S/C21H16F3N3O2S/c22-21(23,24)13-2-1-3-14(12-13)26-8-10-27(11-9-26)20-25-16-5-6-17-15(19(16)30-20)4-7-18(28)29-17/h1-7,12H,8-11H2. The van der Waals surface area contributed by atoms with E-state index in [-0.39, 0.29) is 0 Å². The number of hydrogen-bond acceptors (Lipinski definition) is 6. The van der Waals surface area contributed by atoms with Gasteiger partial charge in [0.2, 0.25) is 0 Å². The minimum atomic E-state index is -4.35. The third kappa shape index (κ3) is 3.39. The third-order valence-corrected chi connectivity index (χ3v) is 6.40. The van der Waals surface area contributed by atoms with Crippen molar-refractivity contribution in [3.8, 4) is 0 Å². The first-order chi connectivity index (χ1) is 14.4. The van der Waals surface area contributed by atoms with E-state index < -0.39 is 17.4 Å². The summed E-state index contributed by atoms with van der Waals surface area (Å²) in [5.74, 6) is 0. The van der Waals surface area contributed by atoms with Crippen molar-refractivity contribution in [3.63, 3.8) is 0 Å². The smallest absolute Gasteiger partial charge is 0.416 e. The van der Waals surface area contributed by atoms with Crippen molar-refractivity contribution in [3.05, 3.63) is 64.5 Å². The molecule has 0 spiro atoms. The fourth-order valence-electron chi connectivity index (χ4n) is 3.69. The minimum Gasteiger partial charge on any atom is -0.423 e. The molecule has 30 heavy (non-hydrogen) atoms. The predicted molar refractivity (Wildman–Crippen MR) is 112 cm³/mol. The lowest BCUT2D eigenvalue weighted by Gasteiger charge is -2.36. The van der Waals surface area contributed by atoms with Crippen molar-refractivity contribution in [2.45, 2.75) is 6.18 Å². The zero-order valence-electron chi connectivity index (χ0n) is 15.6. The Morgan fingerprint density at radius 2 is 1.73 bits per heavy atom. The second-order valence-electron chi connectivity index (χ2n) is 7.10. The van der Waals surface area contributed by atoms with E-state index in [0.29, 0.717) is 37.4 Å². The van der Waals surface area contributed by atoms with Crippen LogP contribution in [0.5, 0.6) is 0 Å². The summed E-state index contributed by atoms with van der Waals surface area (Å²) in [5, 5.41) is 1.70. The van der Waals surface area contributed by atoms with Gasteiger partial charge in [-0.3, -0.25) is 0 Å². The molecule has 0 unspecified atom stereocenters. The van der Waals surface area contributed by atoms with Crippen LogP contribution in [0, 0.1) is 0 Å². The van der Waals surface area contributed by atoms with Gasteiger partial charge in [-0.2, -0.15) is 13.2 Å². The van der Waals surface area contributed by atoms with Crippen molar-refractivity contribution in [2.24, 2.45) is 0 Å². The third-order valence-electron chi connectivity index (χ3n) is 5.23. The number of aromatic nitrogens is 1. The zero-order chi connectivity index (χ0) is 20.9. The molecule has 5 rings (SSSR count). The van der Waals surface area contributed by atoms with Crippen LogP contribution in [0.3, 0.4) is 0 Å². The van der Waals surface area contributed by atoms with Gasteiger partial charge in [0.05, 0.1) is 15.8 Å². The second kappa shape index (κ2) is 7.02. The van der Waals surface area contributed by atoms with Gasteiger partial charge in [0.25, 0.3) is 0 Å². The van der Waals surface area contributed by atoms with Gasteiger partial charge in [0, 0.05) is 43.3 Å². The normalized spacial score (nSPS) is 15.3. The largest absolute Gasteiger partial charge is 0.423 e. The number of fused-ring (bicyclic) bond motifs is 3. The first kappa shape index (κ1) is 18.9. The molecule has 0 radical (unpaired) electrons. The summed E-state index contributed by atoms with van der Waals surface area (Å²) >= 11 is 1.53. The molecule has 2 aromatic heterocycles. The van der Waals surface area contributed by atoms with Gasteiger partial charge in [-0.1, -0.05) is 17.4 Å². The summed E-state index contributed by atoms with van der Waals surface area (Å²) in [6.07, 6.45) is -4.35. The van der Waals surface area contributed by atoms with Gasteiger partial charge in [0.1, 0.15) is 5.58 Å². The second-order valence-corrected chi connectivity index (χ2v) is 8.08. The van der Waals surface area contributed by atoms with Gasteiger partial charge in [-0.05, 0) is 36.4 Å². The average Bonchev–Trinajstić information content (AvgIpc) is 3.18.